The van der Waals surface area contributed by atoms with E-state index >= 15 is 0 Å². The third-order valence-electron chi connectivity index (χ3n) is 2.95. The second-order valence-electron chi connectivity index (χ2n) is 4.37. The smallest absolute Gasteiger partial charge is 0.174 e. The zero-order valence-corrected chi connectivity index (χ0v) is 13.7. The van der Waals surface area contributed by atoms with E-state index in [1.165, 1.54) is 0 Å². The molecule has 0 unspecified atom stereocenters. The van der Waals surface area contributed by atoms with Crippen molar-refractivity contribution in [2.24, 2.45) is 0 Å². The Labute approximate surface area is 138 Å². The number of benzene rings is 2. The van der Waals surface area contributed by atoms with Crippen LogP contribution in [0.4, 0.5) is 5.82 Å². The van der Waals surface area contributed by atoms with Gasteiger partial charge in [-0.05, 0) is 24.3 Å². The molecule has 0 aliphatic rings. The van der Waals surface area contributed by atoms with E-state index in [1.807, 2.05) is 12.1 Å². The number of aromatic nitrogens is 1. The van der Waals surface area contributed by atoms with Gasteiger partial charge < -0.3 is 15.0 Å². The van der Waals surface area contributed by atoms with Crippen LogP contribution in [0, 0.1) is 0 Å². The van der Waals surface area contributed by atoms with Gasteiger partial charge in [-0.25, -0.2) is 0 Å². The number of nitrogens with zero attached hydrogens (tertiary/aromatic N) is 1. The number of ether oxygens (including phenoxy) is 1. The molecule has 0 atom stereocenters. The van der Waals surface area contributed by atoms with E-state index in [0.29, 0.717) is 33.8 Å². The highest BCUT2D eigenvalue weighted by molar-refractivity contribution is 9.10. The van der Waals surface area contributed by atoms with Crippen LogP contribution in [-0.2, 0) is 6.61 Å². The van der Waals surface area contributed by atoms with Gasteiger partial charge in [-0.1, -0.05) is 44.3 Å². The quantitative estimate of drug-likeness (QED) is 0.682. The highest BCUT2D eigenvalue weighted by Gasteiger charge is 2.10. The van der Waals surface area contributed by atoms with Crippen molar-refractivity contribution in [2.45, 2.75) is 6.61 Å². The molecule has 0 aliphatic heterocycles. The van der Waals surface area contributed by atoms with Crippen molar-refractivity contribution in [3.8, 4) is 5.75 Å². The number of hydrogen-bond donors (Lipinski definition) is 1. The third kappa shape index (κ3) is 2.95. The molecule has 0 aliphatic carbocycles. The van der Waals surface area contributed by atoms with Gasteiger partial charge in [-0.3, -0.25) is 0 Å². The first-order chi connectivity index (χ1) is 10.0. The number of nitrogen functional groups attached to an aromatic ring is 1. The van der Waals surface area contributed by atoms with Gasteiger partial charge >= 0.3 is 0 Å². The van der Waals surface area contributed by atoms with E-state index in [2.05, 4.69) is 21.1 Å². The predicted octanol–water partition coefficient (Wildman–Crippen LogP) is 5.06. The van der Waals surface area contributed by atoms with Crippen LogP contribution in [0.3, 0.4) is 0 Å². The molecule has 4 nitrogen and oxygen atoms in total. The van der Waals surface area contributed by atoms with Gasteiger partial charge in [0.05, 0.1) is 15.4 Å². The van der Waals surface area contributed by atoms with Crippen LogP contribution in [0.5, 0.6) is 5.75 Å². The van der Waals surface area contributed by atoms with Gasteiger partial charge in [0.2, 0.25) is 0 Å². The molecule has 1 heterocycles. The standard InChI is InChI=1S/C14H9BrCl2N2O2/c15-10-5-9-13(21-19-14(9)18)3-7(10)6-20-8-1-2-11(16)12(17)4-8/h1-5H,6H2,(H2,18,19). The van der Waals surface area contributed by atoms with Crippen molar-refractivity contribution in [1.82, 2.24) is 5.16 Å². The third-order valence-corrected chi connectivity index (χ3v) is 4.43. The average Bonchev–Trinajstić information content (AvgIpc) is 2.81. The van der Waals surface area contributed by atoms with Crippen molar-refractivity contribution in [3.05, 3.63) is 50.4 Å². The summed E-state index contributed by atoms with van der Waals surface area (Å²) in [4.78, 5) is 0. The lowest BCUT2D eigenvalue weighted by Crippen LogP contribution is -1.96. The normalized spacial score (nSPS) is 11.0. The molecule has 3 aromatic rings. The molecular weight excluding hydrogens is 379 g/mol. The second-order valence-corrected chi connectivity index (χ2v) is 6.04. The lowest BCUT2D eigenvalue weighted by molar-refractivity contribution is 0.305. The van der Waals surface area contributed by atoms with Crippen molar-refractivity contribution in [3.63, 3.8) is 0 Å². The summed E-state index contributed by atoms with van der Waals surface area (Å²) in [5.41, 5.74) is 7.23. The largest absolute Gasteiger partial charge is 0.489 e. The zero-order valence-electron chi connectivity index (χ0n) is 10.6. The summed E-state index contributed by atoms with van der Waals surface area (Å²) in [5, 5.41) is 5.43. The summed E-state index contributed by atoms with van der Waals surface area (Å²) in [6.45, 7) is 0.342. The topological polar surface area (TPSA) is 61.3 Å². The van der Waals surface area contributed by atoms with E-state index in [0.717, 1.165) is 15.4 Å². The van der Waals surface area contributed by atoms with Crippen molar-refractivity contribution < 1.29 is 9.26 Å². The maximum absolute atomic E-state index is 5.95. The number of nitrogens with two attached hydrogens (primary N) is 1. The van der Waals surface area contributed by atoms with E-state index < -0.39 is 0 Å². The van der Waals surface area contributed by atoms with Gasteiger partial charge in [-0.2, -0.15) is 0 Å². The molecule has 108 valence electrons. The van der Waals surface area contributed by atoms with Gasteiger partial charge in [0.1, 0.15) is 12.4 Å². The molecule has 0 radical (unpaired) electrons. The molecule has 0 amide bonds. The fourth-order valence-corrected chi connectivity index (χ4v) is 2.60. The van der Waals surface area contributed by atoms with Gasteiger partial charge in [-0.15, -0.1) is 0 Å². The van der Waals surface area contributed by atoms with Gasteiger partial charge in [0.25, 0.3) is 0 Å². The second kappa shape index (κ2) is 5.75. The molecule has 0 fully saturated rings. The lowest BCUT2D eigenvalue weighted by Gasteiger charge is -2.08. The molecule has 0 saturated heterocycles. The van der Waals surface area contributed by atoms with Crippen LogP contribution in [0.1, 0.15) is 5.56 Å². The van der Waals surface area contributed by atoms with Crippen LogP contribution in [0.15, 0.2) is 39.3 Å². The first-order valence-corrected chi connectivity index (χ1v) is 7.50. The summed E-state index contributed by atoms with van der Waals surface area (Å²) in [6.07, 6.45) is 0. The summed E-state index contributed by atoms with van der Waals surface area (Å²) in [7, 11) is 0. The minimum atomic E-state index is 0.342. The highest BCUT2D eigenvalue weighted by Crippen LogP contribution is 2.30. The van der Waals surface area contributed by atoms with Crippen LogP contribution in [0.2, 0.25) is 10.0 Å². The summed E-state index contributed by atoms with van der Waals surface area (Å²) < 4.78 is 11.7. The Bertz CT molecular complexity index is 820. The summed E-state index contributed by atoms with van der Waals surface area (Å²) in [5.74, 6) is 0.996. The molecule has 2 aromatic carbocycles. The van der Waals surface area contributed by atoms with Crippen molar-refractivity contribution in [2.75, 3.05) is 5.73 Å². The fourth-order valence-electron chi connectivity index (χ4n) is 1.86. The molecule has 3 rings (SSSR count). The number of rotatable bonds is 3. The lowest BCUT2D eigenvalue weighted by atomic mass is 10.2. The van der Waals surface area contributed by atoms with E-state index in [1.54, 1.807) is 18.2 Å². The van der Waals surface area contributed by atoms with Gasteiger partial charge in [0, 0.05) is 16.1 Å². The molecule has 0 saturated carbocycles. The van der Waals surface area contributed by atoms with Crippen molar-refractivity contribution in [1.29, 1.82) is 0 Å². The van der Waals surface area contributed by atoms with Crippen LogP contribution in [-0.4, -0.2) is 5.16 Å². The maximum Gasteiger partial charge on any atom is 0.174 e. The van der Waals surface area contributed by atoms with Crippen LogP contribution >= 0.6 is 39.1 Å². The Morgan fingerprint density at radius 3 is 2.76 bits per heavy atom. The van der Waals surface area contributed by atoms with Crippen LogP contribution < -0.4 is 10.5 Å². The molecule has 21 heavy (non-hydrogen) atoms. The minimum Gasteiger partial charge on any atom is -0.489 e. The number of halogens is 3. The highest BCUT2D eigenvalue weighted by atomic mass is 79.9. The molecule has 0 bridgehead atoms. The number of fused-ring (bicyclic) bond motifs is 1. The van der Waals surface area contributed by atoms with E-state index in [4.69, 9.17) is 38.2 Å². The summed E-state index contributed by atoms with van der Waals surface area (Å²) >= 11 is 15.3. The fraction of sp³-hybridized carbons (Fsp3) is 0.0714. The van der Waals surface area contributed by atoms with Crippen LogP contribution in [0.25, 0.3) is 11.0 Å². The number of anilines is 1. The first-order valence-electron chi connectivity index (χ1n) is 5.96. The van der Waals surface area contributed by atoms with Gasteiger partial charge in [0.15, 0.2) is 11.4 Å². The van der Waals surface area contributed by atoms with Crippen molar-refractivity contribution >= 4 is 55.9 Å². The predicted molar refractivity (Wildman–Crippen MR) is 86.9 cm³/mol. The van der Waals surface area contributed by atoms with E-state index in [-0.39, 0.29) is 0 Å². The monoisotopic (exact) mass is 386 g/mol. The number of hydrogen-bond acceptors (Lipinski definition) is 4. The SMILES string of the molecule is Nc1noc2cc(COc3ccc(Cl)c(Cl)c3)c(Br)cc12. The molecule has 2 N–H and O–H groups in total. The molecule has 0 spiro atoms. The maximum atomic E-state index is 5.95. The Balaban J connectivity index is 1.84. The molecule has 7 heteroatoms. The zero-order chi connectivity index (χ0) is 15.0. The Hall–Kier alpha value is -1.43. The first kappa shape index (κ1) is 14.5. The molecule has 1 aromatic heterocycles. The Morgan fingerprint density at radius 2 is 2.00 bits per heavy atom. The summed E-state index contributed by atoms with van der Waals surface area (Å²) in [6, 6.07) is 8.81. The van der Waals surface area contributed by atoms with E-state index in [9.17, 15) is 0 Å². The Kier molecular flexibility index (Phi) is 3.97. The minimum absolute atomic E-state index is 0.342. The molecular formula is C14H9BrCl2N2O2. The Morgan fingerprint density at radius 1 is 1.19 bits per heavy atom. The average molecular weight is 388 g/mol.